The molecule has 0 radical (unpaired) electrons. The van der Waals surface area contributed by atoms with Crippen LogP contribution in [0.5, 0.6) is 11.5 Å². The molecule has 0 heterocycles. The molecule has 0 aliphatic rings. The predicted octanol–water partition coefficient (Wildman–Crippen LogP) is 6.19. The standard InChI is InChI=1S/C25H22N2O2/c1-18-5-4-6-24(15-18)29-25(27-22-10-7-19(2)20(3)16-22)13-14-28-23-11-8-21(17-26)9-12-23/h4-16H,1-3H3. The van der Waals surface area contributed by atoms with Crippen LogP contribution in [-0.4, -0.2) is 5.90 Å². The molecule has 0 spiro atoms. The molecule has 144 valence electrons. The predicted molar refractivity (Wildman–Crippen MR) is 116 cm³/mol. The van der Waals surface area contributed by atoms with Crippen LogP contribution in [0.3, 0.4) is 0 Å². The van der Waals surface area contributed by atoms with E-state index in [0.717, 1.165) is 11.3 Å². The van der Waals surface area contributed by atoms with Gasteiger partial charge in [-0.1, -0.05) is 18.2 Å². The minimum atomic E-state index is 0.410. The first-order valence-electron chi connectivity index (χ1n) is 9.27. The van der Waals surface area contributed by atoms with Crippen molar-refractivity contribution in [3.05, 3.63) is 101 Å². The van der Waals surface area contributed by atoms with Gasteiger partial charge in [0.05, 0.1) is 23.6 Å². The molecule has 0 fully saturated rings. The number of hydrogen-bond donors (Lipinski definition) is 0. The lowest BCUT2D eigenvalue weighted by atomic mass is 10.1. The highest BCUT2D eigenvalue weighted by Crippen LogP contribution is 2.20. The highest BCUT2D eigenvalue weighted by molar-refractivity contribution is 5.91. The minimum absolute atomic E-state index is 0.410. The topological polar surface area (TPSA) is 54.6 Å². The Morgan fingerprint density at radius 3 is 2.38 bits per heavy atom. The average Bonchev–Trinajstić information content (AvgIpc) is 2.71. The summed E-state index contributed by atoms with van der Waals surface area (Å²) in [6.45, 7) is 6.13. The van der Waals surface area contributed by atoms with Crippen LogP contribution in [0.25, 0.3) is 0 Å². The molecule has 0 saturated heterocycles. The Labute approximate surface area is 171 Å². The zero-order valence-corrected chi connectivity index (χ0v) is 16.7. The molecule has 4 nitrogen and oxygen atoms in total. The first kappa shape index (κ1) is 19.9. The highest BCUT2D eigenvalue weighted by Gasteiger charge is 2.03. The van der Waals surface area contributed by atoms with E-state index in [2.05, 4.69) is 24.9 Å². The van der Waals surface area contributed by atoms with Crippen LogP contribution in [0, 0.1) is 32.1 Å². The van der Waals surface area contributed by atoms with E-state index < -0.39 is 0 Å². The van der Waals surface area contributed by atoms with E-state index in [0.29, 0.717) is 23.0 Å². The van der Waals surface area contributed by atoms with Gasteiger partial charge in [0.15, 0.2) is 0 Å². The van der Waals surface area contributed by atoms with E-state index >= 15 is 0 Å². The van der Waals surface area contributed by atoms with Gasteiger partial charge in [-0.05, 0) is 86.0 Å². The van der Waals surface area contributed by atoms with E-state index in [-0.39, 0.29) is 0 Å². The highest BCUT2D eigenvalue weighted by atomic mass is 16.5. The van der Waals surface area contributed by atoms with Crippen LogP contribution in [0.4, 0.5) is 5.69 Å². The summed E-state index contributed by atoms with van der Waals surface area (Å²) in [5.41, 5.74) is 4.87. The number of aliphatic imine (C=N–C) groups is 1. The lowest BCUT2D eigenvalue weighted by molar-refractivity contribution is 0.478. The summed E-state index contributed by atoms with van der Waals surface area (Å²) < 4.78 is 11.6. The quantitative estimate of drug-likeness (QED) is 0.300. The van der Waals surface area contributed by atoms with Gasteiger partial charge in [-0.3, -0.25) is 0 Å². The van der Waals surface area contributed by atoms with Crippen molar-refractivity contribution in [2.75, 3.05) is 0 Å². The number of hydrogen-bond acceptors (Lipinski definition) is 4. The van der Waals surface area contributed by atoms with Gasteiger partial charge in [-0.15, -0.1) is 0 Å². The van der Waals surface area contributed by atoms with Crippen LogP contribution in [0.2, 0.25) is 0 Å². The Kier molecular flexibility index (Phi) is 6.44. The summed E-state index contributed by atoms with van der Waals surface area (Å²) in [7, 11) is 0. The Morgan fingerprint density at radius 2 is 1.69 bits per heavy atom. The molecule has 0 unspecified atom stereocenters. The summed E-state index contributed by atoms with van der Waals surface area (Å²) >= 11 is 0. The first-order chi connectivity index (χ1) is 14.0. The largest absolute Gasteiger partial charge is 0.465 e. The second-order valence-electron chi connectivity index (χ2n) is 6.69. The molecule has 0 bridgehead atoms. The molecule has 3 aromatic carbocycles. The molecule has 29 heavy (non-hydrogen) atoms. The van der Waals surface area contributed by atoms with Crippen LogP contribution in [0.1, 0.15) is 22.3 Å². The van der Waals surface area contributed by atoms with Crippen LogP contribution < -0.4 is 9.47 Å². The van der Waals surface area contributed by atoms with E-state index in [4.69, 9.17) is 14.7 Å². The smallest absolute Gasteiger partial charge is 0.222 e. The summed E-state index contributed by atoms with van der Waals surface area (Å²) in [5, 5.41) is 8.88. The van der Waals surface area contributed by atoms with Crippen molar-refractivity contribution in [1.29, 1.82) is 5.26 Å². The van der Waals surface area contributed by atoms with Gasteiger partial charge in [0.2, 0.25) is 5.90 Å². The van der Waals surface area contributed by atoms with Crippen LogP contribution in [-0.2, 0) is 0 Å². The second kappa shape index (κ2) is 9.38. The first-order valence-corrected chi connectivity index (χ1v) is 9.27. The molecule has 4 heteroatoms. The number of nitriles is 1. The maximum absolute atomic E-state index is 8.88. The van der Waals surface area contributed by atoms with Crippen molar-refractivity contribution in [2.45, 2.75) is 20.8 Å². The normalized spacial score (nSPS) is 11.3. The van der Waals surface area contributed by atoms with Gasteiger partial charge in [0, 0.05) is 6.08 Å². The molecule has 0 aliphatic carbocycles. The Balaban J connectivity index is 1.83. The van der Waals surface area contributed by atoms with Gasteiger partial charge in [0.1, 0.15) is 11.5 Å². The van der Waals surface area contributed by atoms with Gasteiger partial charge in [-0.25, -0.2) is 4.99 Å². The van der Waals surface area contributed by atoms with Crippen LogP contribution >= 0.6 is 0 Å². The summed E-state index contributed by atoms with van der Waals surface area (Å²) in [4.78, 5) is 4.63. The number of nitrogens with zero attached hydrogens (tertiary/aromatic N) is 2. The Bertz CT molecular complexity index is 1090. The molecule has 0 N–H and O–H groups in total. The third kappa shape index (κ3) is 5.82. The van der Waals surface area contributed by atoms with Crippen molar-refractivity contribution in [3.63, 3.8) is 0 Å². The summed E-state index contributed by atoms with van der Waals surface area (Å²) in [6, 6.07) is 22.8. The number of aryl methyl sites for hydroxylation is 3. The molecule has 0 aromatic heterocycles. The van der Waals surface area contributed by atoms with Gasteiger partial charge in [-0.2, -0.15) is 5.26 Å². The monoisotopic (exact) mass is 382 g/mol. The van der Waals surface area contributed by atoms with E-state index in [1.807, 2.05) is 49.4 Å². The molecule has 3 aromatic rings. The van der Waals surface area contributed by atoms with E-state index in [1.54, 1.807) is 30.3 Å². The maximum Gasteiger partial charge on any atom is 0.222 e. The number of benzene rings is 3. The minimum Gasteiger partial charge on any atom is -0.465 e. The van der Waals surface area contributed by atoms with Crippen molar-refractivity contribution in [1.82, 2.24) is 0 Å². The maximum atomic E-state index is 8.88. The van der Waals surface area contributed by atoms with Gasteiger partial charge < -0.3 is 9.47 Å². The van der Waals surface area contributed by atoms with E-state index in [1.165, 1.54) is 17.4 Å². The fourth-order valence-electron chi connectivity index (χ4n) is 2.59. The van der Waals surface area contributed by atoms with Crippen molar-refractivity contribution >= 4 is 11.6 Å². The molecule has 0 atom stereocenters. The van der Waals surface area contributed by atoms with Crippen molar-refractivity contribution in [3.8, 4) is 17.6 Å². The average molecular weight is 382 g/mol. The fourth-order valence-corrected chi connectivity index (χ4v) is 2.59. The van der Waals surface area contributed by atoms with Crippen molar-refractivity contribution in [2.24, 2.45) is 4.99 Å². The lowest BCUT2D eigenvalue weighted by Gasteiger charge is -2.08. The third-order valence-corrected chi connectivity index (χ3v) is 4.34. The van der Waals surface area contributed by atoms with Gasteiger partial charge in [0.25, 0.3) is 0 Å². The molecule has 0 aliphatic heterocycles. The van der Waals surface area contributed by atoms with Gasteiger partial charge >= 0.3 is 0 Å². The zero-order valence-electron chi connectivity index (χ0n) is 16.7. The Morgan fingerprint density at radius 1 is 0.897 bits per heavy atom. The lowest BCUT2D eigenvalue weighted by Crippen LogP contribution is -2.05. The number of ether oxygens (including phenoxy) is 2. The molecular formula is C25H22N2O2. The zero-order chi connectivity index (χ0) is 20.6. The summed E-state index contributed by atoms with van der Waals surface area (Å²) in [6.07, 6.45) is 3.20. The summed E-state index contributed by atoms with van der Waals surface area (Å²) in [5.74, 6) is 1.74. The van der Waals surface area contributed by atoms with Crippen LogP contribution in [0.15, 0.2) is 84.1 Å². The third-order valence-electron chi connectivity index (χ3n) is 4.34. The second-order valence-corrected chi connectivity index (χ2v) is 6.69. The Hall–Kier alpha value is -3.84. The molecule has 0 amide bonds. The molecule has 3 rings (SSSR count). The molecule has 0 saturated carbocycles. The van der Waals surface area contributed by atoms with E-state index in [9.17, 15) is 0 Å². The fraction of sp³-hybridized carbons (Fsp3) is 0.120. The van der Waals surface area contributed by atoms with Crippen molar-refractivity contribution < 1.29 is 9.47 Å². The SMILES string of the molecule is Cc1cccc(OC(C=COc2ccc(C#N)cc2)=Nc2ccc(C)c(C)c2)c1. The molecular weight excluding hydrogens is 360 g/mol. The number of rotatable bonds is 5.